The summed E-state index contributed by atoms with van der Waals surface area (Å²) < 4.78 is 1.95. The van der Waals surface area contributed by atoms with E-state index in [4.69, 9.17) is 0 Å². The van der Waals surface area contributed by atoms with Crippen molar-refractivity contribution >= 4 is 21.8 Å². The maximum absolute atomic E-state index is 9.76. The zero-order chi connectivity index (χ0) is 17.7. The molecule has 3 aromatic rings. The van der Waals surface area contributed by atoms with Gasteiger partial charge in [0, 0.05) is 28.2 Å². The second-order valence-corrected chi connectivity index (χ2v) is 6.28. The fourth-order valence-electron chi connectivity index (χ4n) is 3.99. The van der Waals surface area contributed by atoms with Crippen molar-refractivity contribution in [1.29, 1.82) is 21.0 Å². The van der Waals surface area contributed by atoms with Crippen molar-refractivity contribution < 1.29 is 0 Å². The third-order valence-corrected chi connectivity index (χ3v) is 5.34. The van der Waals surface area contributed by atoms with E-state index in [9.17, 15) is 21.0 Å². The summed E-state index contributed by atoms with van der Waals surface area (Å²) in [6, 6.07) is 22.9. The Morgan fingerprint density at radius 1 is 0.760 bits per heavy atom. The molecular weight excluding hydrogens is 310 g/mol. The van der Waals surface area contributed by atoms with Crippen molar-refractivity contribution in [3.05, 3.63) is 48.5 Å². The molecule has 1 aliphatic carbocycles. The first-order chi connectivity index (χ1) is 12.2. The largest absolute Gasteiger partial charge is 0.334 e. The van der Waals surface area contributed by atoms with Gasteiger partial charge in [-0.15, -0.1) is 0 Å². The highest BCUT2D eigenvalue weighted by atomic mass is 15.1. The smallest absolute Gasteiger partial charge is 0.195 e. The van der Waals surface area contributed by atoms with Crippen LogP contribution in [0.3, 0.4) is 0 Å². The molecule has 5 nitrogen and oxygen atoms in total. The highest BCUT2D eigenvalue weighted by molar-refractivity contribution is 6.08. The highest BCUT2D eigenvalue weighted by Gasteiger charge is 2.70. The average molecular weight is 321 g/mol. The number of nitriles is 4. The summed E-state index contributed by atoms with van der Waals surface area (Å²) >= 11 is 0. The van der Waals surface area contributed by atoms with E-state index in [0.717, 1.165) is 21.8 Å². The molecule has 1 aromatic heterocycles. The molecule has 0 bridgehead atoms. The van der Waals surface area contributed by atoms with E-state index in [0.29, 0.717) is 0 Å². The van der Waals surface area contributed by atoms with Crippen LogP contribution in [0.2, 0.25) is 0 Å². The van der Waals surface area contributed by atoms with E-state index in [1.54, 1.807) is 0 Å². The van der Waals surface area contributed by atoms with Gasteiger partial charge in [-0.2, -0.15) is 21.0 Å². The van der Waals surface area contributed by atoms with Gasteiger partial charge >= 0.3 is 0 Å². The first kappa shape index (κ1) is 14.8. The van der Waals surface area contributed by atoms with E-state index in [1.165, 1.54) is 0 Å². The molecule has 2 aromatic carbocycles. The number of hydrogen-bond acceptors (Lipinski definition) is 4. The lowest BCUT2D eigenvalue weighted by Crippen LogP contribution is -2.56. The zero-order valence-corrected chi connectivity index (χ0v) is 13.1. The van der Waals surface area contributed by atoms with Gasteiger partial charge in [-0.05, 0) is 12.1 Å². The molecule has 4 rings (SSSR count). The Bertz CT molecular complexity index is 1110. The van der Waals surface area contributed by atoms with Gasteiger partial charge < -0.3 is 4.57 Å². The third kappa shape index (κ3) is 1.53. The molecule has 1 saturated carbocycles. The molecule has 1 fully saturated rings. The van der Waals surface area contributed by atoms with E-state index in [2.05, 4.69) is 0 Å². The maximum Gasteiger partial charge on any atom is 0.195 e. The molecule has 1 atom stereocenters. The Hall–Kier alpha value is -3.80. The van der Waals surface area contributed by atoms with Crippen molar-refractivity contribution in [3.63, 3.8) is 0 Å². The topological polar surface area (TPSA) is 100 Å². The van der Waals surface area contributed by atoms with Crippen molar-refractivity contribution in [3.8, 4) is 24.3 Å². The molecule has 1 heterocycles. The normalized spacial score (nSPS) is 19.9. The Balaban J connectivity index is 2.07. The monoisotopic (exact) mass is 321 g/mol. The predicted octanol–water partition coefficient (Wildman–Crippen LogP) is 3.81. The Morgan fingerprint density at radius 2 is 1.24 bits per heavy atom. The van der Waals surface area contributed by atoms with Gasteiger partial charge in [0.25, 0.3) is 0 Å². The van der Waals surface area contributed by atoms with Crippen LogP contribution in [0.15, 0.2) is 48.5 Å². The van der Waals surface area contributed by atoms with Crippen LogP contribution in [0, 0.1) is 56.2 Å². The summed E-state index contributed by atoms with van der Waals surface area (Å²) in [7, 11) is 0. The van der Waals surface area contributed by atoms with E-state index < -0.39 is 16.9 Å². The lowest BCUT2D eigenvalue weighted by atomic mass is 9.48. The lowest BCUT2D eigenvalue weighted by molar-refractivity contribution is 0.0507. The SMILES string of the molecule is N#CC1(C#N)CC(n2c3ccccc3c3ccccc32)C1(C#N)C#N. The van der Waals surface area contributed by atoms with Gasteiger partial charge in [-0.25, -0.2) is 0 Å². The molecular formula is C20H11N5. The van der Waals surface area contributed by atoms with Gasteiger partial charge in [-0.3, -0.25) is 0 Å². The molecule has 25 heavy (non-hydrogen) atoms. The number of benzene rings is 2. The summed E-state index contributed by atoms with van der Waals surface area (Å²) in [5.41, 5.74) is -1.50. The van der Waals surface area contributed by atoms with Crippen LogP contribution < -0.4 is 0 Å². The summed E-state index contributed by atoms with van der Waals surface area (Å²) in [5, 5.41) is 40.5. The van der Waals surface area contributed by atoms with Crippen LogP contribution in [0.25, 0.3) is 21.8 Å². The number of aromatic nitrogens is 1. The Kier molecular flexibility index (Phi) is 2.86. The second kappa shape index (κ2) is 4.85. The standard InChI is InChI=1S/C20H11N5/c21-10-19(11-22)9-18(20(19,12-23)13-24)25-16-7-3-1-5-14(16)15-6-2-4-8-17(15)25/h1-8,18H,9H2. The van der Waals surface area contributed by atoms with Crippen LogP contribution >= 0.6 is 0 Å². The molecule has 0 spiro atoms. The summed E-state index contributed by atoms with van der Waals surface area (Å²) in [5.74, 6) is 0. The molecule has 5 heteroatoms. The number of rotatable bonds is 1. The van der Waals surface area contributed by atoms with Gasteiger partial charge in [0.2, 0.25) is 0 Å². The first-order valence-corrected chi connectivity index (χ1v) is 7.81. The number of fused-ring (bicyclic) bond motifs is 3. The minimum Gasteiger partial charge on any atom is -0.334 e. The Morgan fingerprint density at radius 3 is 1.68 bits per heavy atom. The summed E-state index contributed by atoms with van der Waals surface area (Å²) in [4.78, 5) is 0. The van der Waals surface area contributed by atoms with Crippen molar-refractivity contribution in [2.75, 3.05) is 0 Å². The zero-order valence-electron chi connectivity index (χ0n) is 13.1. The summed E-state index contributed by atoms with van der Waals surface area (Å²) in [6.07, 6.45) is 0.157. The van der Waals surface area contributed by atoms with Crippen LogP contribution in [0.4, 0.5) is 0 Å². The molecule has 0 N–H and O–H groups in total. The number of nitrogens with zero attached hydrogens (tertiary/aromatic N) is 5. The van der Waals surface area contributed by atoms with E-state index in [1.807, 2.05) is 77.4 Å². The maximum atomic E-state index is 9.76. The fraction of sp³-hybridized carbons (Fsp3) is 0.200. The van der Waals surface area contributed by atoms with Gasteiger partial charge in [0.05, 0.1) is 30.3 Å². The first-order valence-electron chi connectivity index (χ1n) is 7.81. The second-order valence-electron chi connectivity index (χ2n) is 6.28. The summed E-state index contributed by atoms with van der Waals surface area (Å²) in [6.45, 7) is 0. The van der Waals surface area contributed by atoms with Gasteiger partial charge in [-0.1, -0.05) is 36.4 Å². The lowest BCUT2D eigenvalue weighted by Gasteiger charge is -2.49. The van der Waals surface area contributed by atoms with Crippen molar-refractivity contribution in [2.24, 2.45) is 10.8 Å². The average Bonchev–Trinajstić information content (AvgIpc) is 2.98. The molecule has 0 amide bonds. The predicted molar refractivity (Wildman–Crippen MR) is 90.4 cm³/mol. The third-order valence-electron chi connectivity index (χ3n) is 5.34. The van der Waals surface area contributed by atoms with Crippen LogP contribution in [0.1, 0.15) is 12.5 Å². The molecule has 0 aliphatic heterocycles. The van der Waals surface area contributed by atoms with Crippen LogP contribution in [-0.4, -0.2) is 4.57 Å². The molecule has 1 aliphatic rings. The number of para-hydroxylation sites is 2. The highest BCUT2D eigenvalue weighted by Crippen LogP contribution is 2.63. The minimum atomic E-state index is -1.69. The van der Waals surface area contributed by atoms with Crippen LogP contribution in [-0.2, 0) is 0 Å². The quantitative estimate of drug-likeness (QED) is 0.680. The van der Waals surface area contributed by atoms with Crippen molar-refractivity contribution in [1.82, 2.24) is 4.57 Å². The van der Waals surface area contributed by atoms with E-state index >= 15 is 0 Å². The number of hydrogen-bond donors (Lipinski definition) is 0. The molecule has 116 valence electrons. The van der Waals surface area contributed by atoms with Gasteiger partial charge in [0.1, 0.15) is 0 Å². The minimum absolute atomic E-state index is 0.157. The fourth-order valence-corrected chi connectivity index (χ4v) is 3.99. The van der Waals surface area contributed by atoms with Crippen molar-refractivity contribution in [2.45, 2.75) is 12.5 Å². The molecule has 1 unspecified atom stereocenters. The Labute approximate surface area is 144 Å². The van der Waals surface area contributed by atoms with Crippen LogP contribution in [0.5, 0.6) is 0 Å². The molecule has 0 radical (unpaired) electrons. The van der Waals surface area contributed by atoms with Gasteiger partial charge in [0.15, 0.2) is 10.8 Å². The molecule has 0 saturated heterocycles. The van der Waals surface area contributed by atoms with E-state index in [-0.39, 0.29) is 6.42 Å².